The number of rotatable bonds is 5. The van der Waals surface area contributed by atoms with Gasteiger partial charge in [-0.1, -0.05) is 53.6 Å². The molecule has 0 bridgehead atoms. The van der Waals surface area contributed by atoms with Gasteiger partial charge in [-0.3, -0.25) is 0 Å². The Kier molecular flexibility index (Phi) is 5.04. The number of benzene rings is 2. The van der Waals surface area contributed by atoms with Crippen LogP contribution in [0.25, 0.3) is 0 Å². The molecule has 21 heavy (non-hydrogen) atoms. The van der Waals surface area contributed by atoms with Crippen LogP contribution < -0.4 is 15.2 Å². The van der Waals surface area contributed by atoms with E-state index in [1.807, 2.05) is 31.2 Å². The lowest BCUT2D eigenvalue weighted by Crippen LogP contribution is -2.10. The Bertz CT molecular complexity index is 656. The first-order chi connectivity index (χ1) is 10.0. The molecule has 0 heterocycles. The lowest BCUT2D eigenvalue weighted by atomic mass is 10.1. The van der Waals surface area contributed by atoms with E-state index < -0.39 is 0 Å². The average molecular weight is 322 g/mol. The van der Waals surface area contributed by atoms with Gasteiger partial charge in [0.05, 0.1) is 12.1 Å². The monoisotopic (exact) mass is 321 g/mol. The number of ether oxygens (including phenoxy) is 2. The third-order valence-electron chi connectivity index (χ3n) is 3.02. The summed E-state index contributed by atoms with van der Waals surface area (Å²) < 4.78 is 11.1. The quantitative estimate of drug-likeness (QED) is 0.849. The van der Waals surface area contributed by atoms with Gasteiger partial charge in [-0.25, -0.2) is 0 Å². The minimum atomic E-state index is 0.264. The standard InChI is InChI=1S/C16H16ClNO2S/c1-10-3-5-11(6-4-10)9-20-15-13(17)7-12(16(18)21)8-14(15)19-2/h3-8H,9H2,1-2H3,(H2,18,21). The Hall–Kier alpha value is -1.78. The van der Waals surface area contributed by atoms with Crippen LogP contribution in [-0.2, 0) is 6.61 Å². The Labute approximate surface area is 134 Å². The molecule has 0 aliphatic carbocycles. The maximum absolute atomic E-state index is 6.23. The van der Waals surface area contributed by atoms with Crippen LogP contribution in [0.1, 0.15) is 16.7 Å². The Balaban J connectivity index is 2.23. The summed E-state index contributed by atoms with van der Waals surface area (Å²) in [5.41, 5.74) is 8.52. The van der Waals surface area contributed by atoms with Crippen LogP contribution in [0, 0.1) is 6.92 Å². The van der Waals surface area contributed by atoms with Crippen molar-refractivity contribution in [2.45, 2.75) is 13.5 Å². The second-order valence-corrected chi connectivity index (χ2v) is 5.48. The maximum atomic E-state index is 6.23. The highest BCUT2D eigenvalue weighted by atomic mass is 35.5. The van der Waals surface area contributed by atoms with Gasteiger partial charge in [0, 0.05) is 5.56 Å². The molecule has 0 radical (unpaired) electrons. The predicted octanol–water partition coefficient (Wildman–Crippen LogP) is 3.87. The molecule has 3 nitrogen and oxygen atoms in total. The van der Waals surface area contributed by atoms with Crippen molar-refractivity contribution in [3.8, 4) is 11.5 Å². The number of hydrogen-bond acceptors (Lipinski definition) is 3. The number of thiocarbonyl (C=S) groups is 1. The lowest BCUT2D eigenvalue weighted by molar-refractivity contribution is 0.284. The molecule has 0 aromatic heterocycles. The van der Waals surface area contributed by atoms with Gasteiger partial charge in [0.25, 0.3) is 0 Å². The third-order valence-corrected chi connectivity index (χ3v) is 3.53. The van der Waals surface area contributed by atoms with E-state index in [0.717, 1.165) is 5.56 Å². The fourth-order valence-corrected chi connectivity index (χ4v) is 2.23. The van der Waals surface area contributed by atoms with Crippen LogP contribution in [0.2, 0.25) is 5.02 Å². The van der Waals surface area contributed by atoms with Crippen LogP contribution in [0.3, 0.4) is 0 Å². The molecule has 110 valence electrons. The summed E-state index contributed by atoms with van der Waals surface area (Å²) in [6.07, 6.45) is 0. The maximum Gasteiger partial charge on any atom is 0.180 e. The molecule has 0 amide bonds. The average Bonchev–Trinajstić information content (AvgIpc) is 2.46. The summed E-state index contributed by atoms with van der Waals surface area (Å²) in [5, 5.41) is 0.421. The van der Waals surface area contributed by atoms with Crippen LogP contribution in [0.15, 0.2) is 36.4 Å². The van der Waals surface area contributed by atoms with E-state index in [2.05, 4.69) is 0 Å². The van der Waals surface area contributed by atoms with Crippen LogP contribution in [0.4, 0.5) is 0 Å². The summed E-state index contributed by atoms with van der Waals surface area (Å²) in [6.45, 7) is 2.45. The zero-order valence-corrected chi connectivity index (χ0v) is 13.4. The lowest BCUT2D eigenvalue weighted by Gasteiger charge is -2.14. The Morgan fingerprint density at radius 3 is 2.48 bits per heavy atom. The highest BCUT2D eigenvalue weighted by molar-refractivity contribution is 7.80. The smallest absolute Gasteiger partial charge is 0.180 e. The SMILES string of the molecule is COc1cc(C(N)=S)cc(Cl)c1OCc1ccc(C)cc1. The largest absolute Gasteiger partial charge is 0.493 e. The molecule has 0 unspecified atom stereocenters. The molecule has 0 aliphatic heterocycles. The number of methoxy groups -OCH3 is 1. The van der Waals surface area contributed by atoms with Gasteiger partial charge in [-0.15, -0.1) is 0 Å². The van der Waals surface area contributed by atoms with Crippen LogP contribution in [-0.4, -0.2) is 12.1 Å². The summed E-state index contributed by atoms with van der Waals surface area (Å²) in [6, 6.07) is 11.5. The number of aryl methyl sites for hydroxylation is 1. The van der Waals surface area contributed by atoms with Gasteiger partial charge in [0.1, 0.15) is 11.6 Å². The number of halogens is 1. The summed E-state index contributed by atoms with van der Waals surface area (Å²) in [4.78, 5) is 0.264. The topological polar surface area (TPSA) is 44.5 Å². The highest BCUT2D eigenvalue weighted by Gasteiger charge is 2.13. The molecular weight excluding hydrogens is 306 g/mol. The minimum absolute atomic E-state index is 0.264. The van der Waals surface area contributed by atoms with Crippen molar-refractivity contribution in [2.24, 2.45) is 5.73 Å². The van der Waals surface area contributed by atoms with Crippen LogP contribution in [0.5, 0.6) is 11.5 Å². The molecule has 0 atom stereocenters. The Morgan fingerprint density at radius 1 is 1.24 bits per heavy atom. The van der Waals surface area contributed by atoms with Crippen molar-refractivity contribution in [1.29, 1.82) is 0 Å². The summed E-state index contributed by atoms with van der Waals surface area (Å²) >= 11 is 11.2. The molecule has 2 rings (SSSR count). The molecule has 0 fully saturated rings. The first kappa shape index (κ1) is 15.6. The van der Waals surface area contributed by atoms with E-state index in [1.54, 1.807) is 19.2 Å². The van der Waals surface area contributed by atoms with E-state index in [9.17, 15) is 0 Å². The van der Waals surface area contributed by atoms with E-state index >= 15 is 0 Å². The fourth-order valence-electron chi connectivity index (χ4n) is 1.84. The minimum Gasteiger partial charge on any atom is -0.493 e. The molecule has 2 aromatic carbocycles. The first-order valence-electron chi connectivity index (χ1n) is 6.37. The van der Waals surface area contributed by atoms with Crippen molar-refractivity contribution >= 4 is 28.8 Å². The molecule has 0 saturated heterocycles. The van der Waals surface area contributed by atoms with Crippen molar-refractivity contribution in [3.05, 3.63) is 58.1 Å². The van der Waals surface area contributed by atoms with Crippen molar-refractivity contribution < 1.29 is 9.47 Å². The number of hydrogen-bond donors (Lipinski definition) is 1. The zero-order chi connectivity index (χ0) is 15.4. The Morgan fingerprint density at radius 2 is 1.90 bits per heavy atom. The predicted molar refractivity (Wildman–Crippen MR) is 89.4 cm³/mol. The third kappa shape index (κ3) is 3.86. The normalized spacial score (nSPS) is 10.2. The van der Waals surface area contributed by atoms with E-state index in [0.29, 0.717) is 28.7 Å². The fraction of sp³-hybridized carbons (Fsp3) is 0.188. The second-order valence-electron chi connectivity index (χ2n) is 4.63. The van der Waals surface area contributed by atoms with Gasteiger partial charge >= 0.3 is 0 Å². The van der Waals surface area contributed by atoms with Crippen LogP contribution >= 0.6 is 23.8 Å². The van der Waals surface area contributed by atoms with Gasteiger partial charge in [0.2, 0.25) is 0 Å². The summed E-state index contributed by atoms with van der Waals surface area (Å²) in [5.74, 6) is 0.997. The summed E-state index contributed by atoms with van der Waals surface area (Å²) in [7, 11) is 1.55. The molecule has 2 N–H and O–H groups in total. The van der Waals surface area contributed by atoms with Gasteiger partial charge in [-0.2, -0.15) is 0 Å². The molecule has 0 aliphatic rings. The highest BCUT2D eigenvalue weighted by Crippen LogP contribution is 2.36. The zero-order valence-electron chi connectivity index (χ0n) is 11.9. The number of nitrogens with two attached hydrogens (primary N) is 1. The van der Waals surface area contributed by atoms with Gasteiger partial charge in [-0.05, 0) is 24.6 Å². The van der Waals surface area contributed by atoms with Gasteiger partial charge in [0.15, 0.2) is 11.5 Å². The van der Waals surface area contributed by atoms with Crippen molar-refractivity contribution in [1.82, 2.24) is 0 Å². The molecule has 2 aromatic rings. The van der Waals surface area contributed by atoms with E-state index in [1.165, 1.54) is 5.56 Å². The second kappa shape index (κ2) is 6.78. The van der Waals surface area contributed by atoms with E-state index in [4.69, 9.17) is 39.0 Å². The molecular formula is C16H16ClNO2S. The molecule has 5 heteroatoms. The first-order valence-corrected chi connectivity index (χ1v) is 7.15. The van der Waals surface area contributed by atoms with Crippen molar-refractivity contribution in [3.63, 3.8) is 0 Å². The van der Waals surface area contributed by atoms with Gasteiger partial charge < -0.3 is 15.2 Å². The molecule has 0 spiro atoms. The molecule has 0 saturated carbocycles. The van der Waals surface area contributed by atoms with Crippen molar-refractivity contribution in [2.75, 3.05) is 7.11 Å². The van der Waals surface area contributed by atoms with E-state index in [-0.39, 0.29) is 4.99 Å².